The molecule has 2 aromatic carbocycles. The highest BCUT2D eigenvalue weighted by molar-refractivity contribution is 6.31. The molecule has 2 nitrogen and oxygen atoms in total. The van der Waals surface area contributed by atoms with Crippen molar-refractivity contribution in [1.82, 2.24) is 4.57 Å². The zero-order valence-electron chi connectivity index (χ0n) is 11.4. The number of hydrogen-bond donors (Lipinski definition) is 0. The Bertz CT molecular complexity index is 817. The van der Waals surface area contributed by atoms with Crippen LogP contribution in [0.5, 0.6) is 0 Å². The topological polar surface area (TPSA) is 22.0 Å². The van der Waals surface area contributed by atoms with Crippen LogP contribution in [-0.4, -0.2) is 10.4 Å². The molecule has 0 radical (unpaired) electrons. The Balaban J connectivity index is 2.20. The van der Waals surface area contributed by atoms with E-state index in [2.05, 4.69) is 0 Å². The molecular weight excluding hydrogens is 270 g/mol. The maximum absolute atomic E-state index is 12.8. The van der Waals surface area contributed by atoms with Gasteiger partial charge in [0, 0.05) is 40.3 Å². The third-order valence-corrected chi connectivity index (χ3v) is 3.82. The molecule has 20 heavy (non-hydrogen) atoms. The SMILES string of the molecule is Cc1ccc(Cl)cc1C(=O)c1cn(C)c2ccccc12. The summed E-state index contributed by atoms with van der Waals surface area (Å²) in [4.78, 5) is 12.8. The molecule has 0 aliphatic rings. The third-order valence-electron chi connectivity index (χ3n) is 3.59. The van der Waals surface area contributed by atoms with E-state index in [4.69, 9.17) is 11.6 Å². The highest BCUT2D eigenvalue weighted by Crippen LogP contribution is 2.25. The number of para-hydroxylation sites is 1. The van der Waals surface area contributed by atoms with Crippen molar-refractivity contribution in [2.45, 2.75) is 6.92 Å². The van der Waals surface area contributed by atoms with Crippen molar-refractivity contribution in [3.8, 4) is 0 Å². The molecule has 0 N–H and O–H groups in total. The lowest BCUT2D eigenvalue weighted by molar-refractivity contribution is 0.103. The summed E-state index contributed by atoms with van der Waals surface area (Å²) in [6, 6.07) is 13.3. The number of carbonyl (C=O) groups excluding carboxylic acids is 1. The summed E-state index contributed by atoms with van der Waals surface area (Å²) in [5.74, 6) is 0.0156. The van der Waals surface area contributed by atoms with Gasteiger partial charge >= 0.3 is 0 Å². The summed E-state index contributed by atoms with van der Waals surface area (Å²) in [7, 11) is 1.95. The minimum atomic E-state index is 0.0156. The van der Waals surface area contributed by atoms with Crippen molar-refractivity contribution in [3.63, 3.8) is 0 Å². The van der Waals surface area contributed by atoms with E-state index in [0.717, 1.165) is 16.5 Å². The molecule has 0 aliphatic carbocycles. The van der Waals surface area contributed by atoms with E-state index in [-0.39, 0.29) is 5.78 Å². The number of aryl methyl sites for hydroxylation is 2. The first kappa shape index (κ1) is 12.9. The lowest BCUT2D eigenvalue weighted by Crippen LogP contribution is -2.03. The van der Waals surface area contributed by atoms with Crippen molar-refractivity contribution in [1.29, 1.82) is 0 Å². The maximum atomic E-state index is 12.8. The average molecular weight is 284 g/mol. The fraction of sp³-hybridized carbons (Fsp3) is 0.118. The van der Waals surface area contributed by atoms with Crippen molar-refractivity contribution in [2.24, 2.45) is 7.05 Å². The largest absolute Gasteiger partial charge is 0.350 e. The molecule has 0 amide bonds. The van der Waals surface area contributed by atoms with Gasteiger partial charge in [0.05, 0.1) is 0 Å². The number of aromatic nitrogens is 1. The van der Waals surface area contributed by atoms with E-state index in [9.17, 15) is 4.79 Å². The van der Waals surface area contributed by atoms with Crippen molar-refractivity contribution >= 4 is 28.3 Å². The van der Waals surface area contributed by atoms with Crippen LogP contribution in [0.4, 0.5) is 0 Å². The van der Waals surface area contributed by atoms with Crippen LogP contribution in [0.25, 0.3) is 10.9 Å². The Morgan fingerprint density at radius 3 is 2.65 bits per heavy atom. The number of rotatable bonds is 2. The molecule has 0 saturated heterocycles. The van der Waals surface area contributed by atoms with Crippen LogP contribution in [0.3, 0.4) is 0 Å². The highest BCUT2D eigenvalue weighted by atomic mass is 35.5. The van der Waals surface area contributed by atoms with Gasteiger partial charge in [-0.15, -0.1) is 0 Å². The van der Waals surface area contributed by atoms with Crippen molar-refractivity contribution < 1.29 is 4.79 Å². The predicted octanol–water partition coefficient (Wildman–Crippen LogP) is 4.37. The third kappa shape index (κ3) is 2.02. The van der Waals surface area contributed by atoms with E-state index in [1.54, 1.807) is 12.1 Å². The molecule has 3 rings (SSSR count). The summed E-state index contributed by atoms with van der Waals surface area (Å²) >= 11 is 6.01. The van der Waals surface area contributed by atoms with Crippen LogP contribution in [0.2, 0.25) is 5.02 Å². The first-order valence-corrected chi connectivity index (χ1v) is 6.80. The Labute approximate surface area is 122 Å². The molecule has 3 heteroatoms. The fourth-order valence-electron chi connectivity index (χ4n) is 2.51. The molecule has 0 fully saturated rings. The first-order valence-electron chi connectivity index (χ1n) is 6.43. The van der Waals surface area contributed by atoms with Gasteiger partial charge in [0.25, 0.3) is 0 Å². The molecular formula is C17H14ClNO. The van der Waals surface area contributed by atoms with Gasteiger partial charge in [-0.05, 0) is 30.7 Å². The second kappa shape index (κ2) is 4.80. The maximum Gasteiger partial charge on any atom is 0.195 e. The Kier molecular flexibility index (Phi) is 3.11. The lowest BCUT2D eigenvalue weighted by atomic mass is 9.99. The molecule has 3 aromatic rings. The standard InChI is InChI=1S/C17H14ClNO/c1-11-7-8-12(18)9-14(11)17(20)15-10-19(2)16-6-4-3-5-13(15)16/h3-10H,1-2H3. The van der Waals surface area contributed by atoms with Gasteiger partial charge in [-0.3, -0.25) is 4.79 Å². The summed E-state index contributed by atoms with van der Waals surface area (Å²) in [5.41, 5.74) is 3.37. The van der Waals surface area contributed by atoms with Crippen molar-refractivity contribution in [3.05, 3.63) is 70.4 Å². The normalized spacial score (nSPS) is 10.9. The number of fused-ring (bicyclic) bond motifs is 1. The van der Waals surface area contributed by atoms with E-state index in [1.807, 2.05) is 55.1 Å². The smallest absolute Gasteiger partial charge is 0.195 e. The van der Waals surface area contributed by atoms with Crippen LogP contribution >= 0.6 is 11.6 Å². The van der Waals surface area contributed by atoms with Crippen LogP contribution in [-0.2, 0) is 7.05 Å². The summed E-state index contributed by atoms with van der Waals surface area (Å²) in [5, 5.41) is 1.55. The van der Waals surface area contributed by atoms with E-state index >= 15 is 0 Å². The summed E-state index contributed by atoms with van der Waals surface area (Å²) < 4.78 is 1.97. The Hall–Kier alpha value is -2.06. The number of nitrogens with zero attached hydrogens (tertiary/aromatic N) is 1. The molecule has 0 aliphatic heterocycles. The van der Waals surface area contributed by atoms with Crippen LogP contribution < -0.4 is 0 Å². The van der Waals surface area contributed by atoms with Gasteiger partial charge in [0.15, 0.2) is 5.78 Å². The minimum Gasteiger partial charge on any atom is -0.350 e. The lowest BCUT2D eigenvalue weighted by Gasteiger charge is -2.04. The fourth-order valence-corrected chi connectivity index (χ4v) is 2.68. The monoisotopic (exact) mass is 283 g/mol. The number of halogens is 1. The van der Waals surface area contributed by atoms with Crippen molar-refractivity contribution in [2.75, 3.05) is 0 Å². The zero-order chi connectivity index (χ0) is 14.3. The van der Waals surface area contributed by atoms with Crippen LogP contribution in [0, 0.1) is 6.92 Å². The van der Waals surface area contributed by atoms with Gasteiger partial charge < -0.3 is 4.57 Å². The van der Waals surface area contributed by atoms with E-state index in [1.165, 1.54) is 0 Å². The zero-order valence-corrected chi connectivity index (χ0v) is 12.1. The van der Waals surface area contributed by atoms with Gasteiger partial charge in [-0.2, -0.15) is 0 Å². The summed E-state index contributed by atoms with van der Waals surface area (Å²) in [6.45, 7) is 1.93. The van der Waals surface area contributed by atoms with Gasteiger partial charge in [-0.1, -0.05) is 35.9 Å². The van der Waals surface area contributed by atoms with Crippen LogP contribution in [0.1, 0.15) is 21.5 Å². The van der Waals surface area contributed by atoms with Crippen LogP contribution in [0.15, 0.2) is 48.7 Å². The van der Waals surface area contributed by atoms with Gasteiger partial charge in [0.2, 0.25) is 0 Å². The average Bonchev–Trinajstić information content (AvgIpc) is 2.79. The summed E-state index contributed by atoms with van der Waals surface area (Å²) in [6.07, 6.45) is 1.88. The highest BCUT2D eigenvalue weighted by Gasteiger charge is 2.17. The number of carbonyl (C=O) groups is 1. The quantitative estimate of drug-likeness (QED) is 0.640. The number of hydrogen-bond acceptors (Lipinski definition) is 1. The second-order valence-electron chi connectivity index (χ2n) is 4.96. The first-order chi connectivity index (χ1) is 9.58. The molecule has 0 atom stereocenters. The molecule has 0 saturated carbocycles. The predicted molar refractivity (Wildman–Crippen MR) is 82.5 cm³/mol. The second-order valence-corrected chi connectivity index (χ2v) is 5.40. The molecule has 1 aromatic heterocycles. The number of benzene rings is 2. The van der Waals surface area contributed by atoms with Gasteiger partial charge in [-0.25, -0.2) is 0 Å². The van der Waals surface area contributed by atoms with E-state index < -0.39 is 0 Å². The van der Waals surface area contributed by atoms with E-state index in [0.29, 0.717) is 16.1 Å². The molecule has 100 valence electrons. The molecule has 1 heterocycles. The molecule has 0 unspecified atom stereocenters. The number of ketones is 1. The Morgan fingerprint density at radius 2 is 1.85 bits per heavy atom. The Morgan fingerprint density at radius 1 is 1.10 bits per heavy atom. The molecule has 0 bridgehead atoms. The molecule has 0 spiro atoms. The van der Waals surface area contributed by atoms with Gasteiger partial charge in [0.1, 0.15) is 0 Å². The minimum absolute atomic E-state index is 0.0156.